The molecule has 1 aromatic heterocycles. The smallest absolute Gasteiger partial charge is 0.246 e. The van der Waals surface area contributed by atoms with Gasteiger partial charge in [0.25, 0.3) is 0 Å². The van der Waals surface area contributed by atoms with Gasteiger partial charge in [0, 0.05) is 19.1 Å². The van der Waals surface area contributed by atoms with Crippen LogP contribution in [-0.2, 0) is 10.0 Å². The molecule has 1 atom stereocenters. The van der Waals surface area contributed by atoms with Crippen molar-refractivity contribution < 1.29 is 8.42 Å². The van der Waals surface area contributed by atoms with E-state index in [1.54, 1.807) is 11.2 Å². The van der Waals surface area contributed by atoms with Gasteiger partial charge in [-0.15, -0.1) is 12.4 Å². The molecule has 0 saturated carbocycles. The minimum absolute atomic E-state index is 0. The molecule has 0 radical (unpaired) electrons. The Hall–Kier alpha value is -0.630. The predicted octanol–water partition coefficient (Wildman–Crippen LogP) is 0.512. The number of hydrogen-bond acceptors (Lipinski definition) is 4. The van der Waals surface area contributed by atoms with E-state index in [4.69, 9.17) is 0 Å². The van der Waals surface area contributed by atoms with E-state index in [0.29, 0.717) is 23.7 Å². The summed E-state index contributed by atoms with van der Waals surface area (Å²) in [7, 11) is -1.56. The molecular weight excluding hydrogens is 276 g/mol. The Bertz CT molecular complexity index is 488. The summed E-state index contributed by atoms with van der Waals surface area (Å²) in [6.45, 7) is 3.01. The average Bonchev–Trinajstić information content (AvgIpc) is 2.87. The zero-order chi connectivity index (χ0) is 12.5. The molecule has 1 unspecified atom stereocenters. The highest BCUT2D eigenvalue weighted by Crippen LogP contribution is 2.26. The maximum Gasteiger partial charge on any atom is 0.246 e. The van der Waals surface area contributed by atoms with Crippen LogP contribution in [0.5, 0.6) is 0 Å². The van der Waals surface area contributed by atoms with Gasteiger partial charge in [0.2, 0.25) is 10.0 Å². The van der Waals surface area contributed by atoms with E-state index in [0.717, 1.165) is 12.8 Å². The summed E-state index contributed by atoms with van der Waals surface area (Å²) < 4.78 is 26.5. The molecule has 1 saturated heterocycles. The summed E-state index contributed by atoms with van der Waals surface area (Å²) in [6.07, 6.45) is 3.22. The Morgan fingerprint density at radius 2 is 2.33 bits per heavy atom. The molecular formula is C10H19ClN4O2S. The van der Waals surface area contributed by atoms with Gasteiger partial charge in [-0.05, 0) is 26.8 Å². The van der Waals surface area contributed by atoms with Gasteiger partial charge in [0.1, 0.15) is 4.90 Å². The van der Waals surface area contributed by atoms with Crippen molar-refractivity contribution in [2.45, 2.75) is 30.7 Å². The Kier molecular flexibility index (Phi) is 5.15. The van der Waals surface area contributed by atoms with E-state index in [9.17, 15) is 8.42 Å². The molecule has 0 amide bonds. The number of H-pyrrole nitrogens is 1. The Morgan fingerprint density at radius 1 is 1.61 bits per heavy atom. The molecule has 1 aliphatic rings. The van der Waals surface area contributed by atoms with Crippen LogP contribution in [-0.4, -0.2) is 49.1 Å². The van der Waals surface area contributed by atoms with Crippen LogP contribution >= 0.6 is 12.4 Å². The quantitative estimate of drug-likeness (QED) is 0.848. The van der Waals surface area contributed by atoms with Crippen LogP contribution in [0.2, 0.25) is 0 Å². The Morgan fingerprint density at radius 3 is 2.89 bits per heavy atom. The fraction of sp³-hybridized carbons (Fsp3) is 0.700. The maximum atomic E-state index is 12.4. The van der Waals surface area contributed by atoms with Gasteiger partial charge in [0.05, 0.1) is 11.9 Å². The van der Waals surface area contributed by atoms with Gasteiger partial charge >= 0.3 is 0 Å². The molecule has 1 aromatic rings. The topological polar surface area (TPSA) is 78.1 Å². The van der Waals surface area contributed by atoms with Crippen LogP contribution in [0.15, 0.2) is 11.1 Å². The number of aryl methyl sites for hydroxylation is 1. The third-order valence-corrected chi connectivity index (χ3v) is 5.20. The van der Waals surface area contributed by atoms with Crippen LogP contribution in [0.3, 0.4) is 0 Å². The van der Waals surface area contributed by atoms with Crippen LogP contribution in [0, 0.1) is 6.92 Å². The van der Waals surface area contributed by atoms with E-state index < -0.39 is 10.0 Å². The second-order valence-electron chi connectivity index (χ2n) is 4.33. The molecule has 1 fully saturated rings. The molecule has 0 spiro atoms. The number of sulfonamides is 1. The lowest BCUT2D eigenvalue weighted by molar-refractivity contribution is 0.379. The summed E-state index contributed by atoms with van der Waals surface area (Å²) in [4.78, 5) is 0.292. The van der Waals surface area contributed by atoms with Crippen molar-refractivity contribution in [3.8, 4) is 0 Å². The fourth-order valence-electron chi connectivity index (χ4n) is 2.29. The van der Waals surface area contributed by atoms with Gasteiger partial charge in [-0.1, -0.05) is 0 Å². The summed E-state index contributed by atoms with van der Waals surface area (Å²) in [5, 5.41) is 9.50. The number of hydrogen-bond donors (Lipinski definition) is 2. The molecule has 2 heterocycles. The van der Waals surface area contributed by atoms with Crippen molar-refractivity contribution in [3.05, 3.63) is 11.9 Å². The van der Waals surface area contributed by atoms with Crippen molar-refractivity contribution in [2.24, 2.45) is 0 Å². The van der Waals surface area contributed by atoms with Gasteiger partial charge in [-0.3, -0.25) is 5.10 Å². The SMILES string of the molecule is CNCC1CCCN1S(=O)(=O)c1cn[nH]c1C.Cl. The zero-order valence-electron chi connectivity index (χ0n) is 10.5. The highest BCUT2D eigenvalue weighted by molar-refractivity contribution is 7.89. The molecule has 2 N–H and O–H groups in total. The number of likely N-dealkylation sites (N-methyl/N-ethyl adjacent to an activating group) is 1. The number of aromatic amines is 1. The lowest BCUT2D eigenvalue weighted by Gasteiger charge is -2.23. The lowest BCUT2D eigenvalue weighted by Crippen LogP contribution is -2.40. The molecule has 0 bridgehead atoms. The van der Waals surface area contributed by atoms with Gasteiger partial charge in [-0.25, -0.2) is 8.42 Å². The number of rotatable bonds is 4. The van der Waals surface area contributed by atoms with Crippen LogP contribution in [0.25, 0.3) is 0 Å². The first-order valence-corrected chi connectivity index (χ1v) is 7.18. The van der Waals surface area contributed by atoms with E-state index in [2.05, 4.69) is 15.5 Å². The molecule has 0 aromatic carbocycles. The van der Waals surface area contributed by atoms with E-state index in [1.807, 2.05) is 7.05 Å². The van der Waals surface area contributed by atoms with Crippen molar-refractivity contribution in [3.63, 3.8) is 0 Å². The molecule has 0 aliphatic carbocycles. The molecule has 2 rings (SSSR count). The van der Waals surface area contributed by atoms with Crippen LogP contribution < -0.4 is 5.32 Å². The summed E-state index contributed by atoms with van der Waals surface area (Å²) in [5.41, 5.74) is 0.597. The number of nitrogens with one attached hydrogen (secondary N) is 2. The average molecular weight is 295 g/mol. The van der Waals surface area contributed by atoms with Gasteiger partial charge in [0.15, 0.2) is 0 Å². The first-order chi connectivity index (χ1) is 8.07. The highest BCUT2D eigenvalue weighted by atomic mass is 35.5. The first kappa shape index (κ1) is 15.4. The zero-order valence-corrected chi connectivity index (χ0v) is 12.1. The second-order valence-corrected chi connectivity index (χ2v) is 6.19. The third-order valence-electron chi connectivity index (χ3n) is 3.13. The minimum atomic E-state index is -3.40. The third kappa shape index (κ3) is 2.69. The van der Waals surface area contributed by atoms with E-state index in [-0.39, 0.29) is 18.4 Å². The van der Waals surface area contributed by atoms with Crippen molar-refractivity contribution in [1.29, 1.82) is 0 Å². The number of halogens is 1. The summed E-state index contributed by atoms with van der Waals surface area (Å²) in [6, 6.07) is 0.0549. The standard InChI is InChI=1S/C10H18N4O2S.ClH/c1-8-10(7-12-13-8)17(15,16)14-5-3-4-9(14)6-11-2;/h7,9,11H,3-6H2,1-2H3,(H,12,13);1H. The van der Waals surface area contributed by atoms with Crippen LogP contribution in [0.4, 0.5) is 0 Å². The number of nitrogens with zero attached hydrogens (tertiary/aromatic N) is 2. The van der Waals surface area contributed by atoms with Crippen molar-refractivity contribution >= 4 is 22.4 Å². The van der Waals surface area contributed by atoms with Gasteiger partial charge in [-0.2, -0.15) is 9.40 Å². The minimum Gasteiger partial charge on any atom is -0.318 e. The Labute approximate surface area is 114 Å². The summed E-state index contributed by atoms with van der Waals surface area (Å²) in [5.74, 6) is 0. The van der Waals surface area contributed by atoms with E-state index in [1.165, 1.54) is 6.20 Å². The molecule has 1 aliphatic heterocycles. The molecule has 8 heteroatoms. The second kappa shape index (κ2) is 6.01. The molecule has 104 valence electrons. The van der Waals surface area contributed by atoms with Crippen molar-refractivity contribution in [2.75, 3.05) is 20.1 Å². The van der Waals surface area contributed by atoms with E-state index >= 15 is 0 Å². The largest absolute Gasteiger partial charge is 0.318 e. The summed E-state index contributed by atoms with van der Waals surface area (Å²) >= 11 is 0. The lowest BCUT2D eigenvalue weighted by atomic mass is 10.2. The first-order valence-electron chi connectivity index (χ1n) is 5.73. The molecule has 6 nitrogen and oxygen atoms in total. The number of aromatic nitrogens is 2. The molecule has 18 heavy (non-hydrogen) atoms. The van der Waals surface area contributed by atoms with Crippen LogP contribution in [0.1, 0.15) is 18.5 Å². The fourth-order valence-corrected chi connectivity index (χ4v) is 4.10. The monoisotopic (exact) mass is 294 g/mol. The van der Waals surface area contributed by atoms with Crippen molar-refractivity contribution in [1.82, 2.24) is 19.8 Å². The predicted molar refractivity (Wildman–Crippen MR) is 71.4 cm³/mol. The maximum absolute atomic E-state index is 12.4. The van der Waals surface area contributed by atoms with Gasteiger partial charge < -0.3 is 5.32 Å². The highest BCUT2D eigenvalue weighted by Gasteiger charge is 2.36. The normalized spacial score (nSPS) is 20.9. The Balaban J connectivity index is 0.00000162.